The number of hydrogen-bond donors (Lipinski definition) is 0. The maximum absolute atomic E-state index is 10.4. The number of ether oxygens (including phenoxy) is 1. The second kappa shape index (κ2) is 5.19. The number of carbonyl (C=O) groups is 1. The van der Waals surface area contributed by atoms with Crippen LogP contribution < -0.4 is 4.74 Å². The number of carbonyl (C=O) groups excluding carboxylic acids is 1. The van der Waals surface area contributed by atoms with E-state index in [9.17, 15) is 4.79 Å². The molecule has 0 atom stereocenters. The van der Waals surface area contributed by atoms with Crippen LogP contribution >= 0.6 is 45.8 Å². The average Bonchev–Trinajstić information content (AvgIpc) is 2.16. The lowest BCUT2D eigenvalue weighted by atomic mass is 10.1. The Balaban J connectivity index is 3.35. The molecule has 0 N–H and O–H groups in total. The zero-order valence-electron chi connectivity index (χ0n) is 7.31. The summed E-state index contributed by atoms with van der Waals surface area (Å²) in [6.07, 6.45) is 1.08. The van der Waals surface area contributed by atoms with E-state index in [-0.39, 0.29) is 6.42 Å². The highest BCUT2D eigenvalue weighted by molar-refractivity contribution is 14.1. The van der Waals surface area contributed by atoms with Gasteiger partial charge in [0.2, 0.25) is 0 Å². The molecule has 14 heavy (non-hydrogen) atoms. The van der Waals surface area contributed by atoms with Crippen LogP contribution in [0.25, 0.3) is 0 Å². The van der Waals surface area contributed by atoms with Crippen LogP contribution in [0.5, 0.6) is 5.75 Å². The predicted molar refractivity (Wildman–Crippen MR) is 65.5 cm³/mol. The summed E-state index contributed by atoms with van der Waals surface area (Å²) in [5, 5.41) is 0.896. The standard InChI is InChI=1S/C9H7Cl2IO2/c1-14-9-5(2-3-13)4-6(10)7(11)8(9)12/h3-4H,2H2,1H3. The molecule has 0 aliphatic carbocycles. The van der Waals surface area contributed by atoms with Crippen LogP contribution in [0.2, 0.25) is 10.0 Å². The van der Waals surface area contributed by atoms with Gasteiger partial charge >= 0.3 is 0 Å². The Morgan fingerprint density at radius 2 is 2.21 bits per heavy atom. The van der Waals surface area contributed by atoms with Crippen molar-refractivity contribution in [3.63, 3.8) is 0 Å². The lowest BCUT2D eigenvalue weighted by Crippen LogP contribution is -1.97. The van der Waals surface area contributed by atoms with Gasteiger partial charge in [0, 0.05) is 12.0 Å². The highest BCUT2D eigenvalue weighted by atomic mass is 127. The van der Waals surface area contributed by atoms with Crippen LogP contribution in [0, 0.1) is 3.57 Å². The number of aldehydes is 1. The van der Waals surface area contributed by atoms with Crippen molar-refractivity contribution in [2.45, 2.75) is 6.42 Å². The molecule has 0 saturated carbocycles. The smallest absolute Gasteiger partial charge is 0.137 e. The first-order valence-corrected chi connectivity index (χ1v) is 5.59. The summed E-state index contributed by atoms with van der Waals surface area (Å²) in [6.45, 7) is 0. The van der Waals surface area contributed by atoms with Crippen molar-refractivity contribution in [2.75, 3.05) is 7.11 Å². The lowest BCUT2D eigenvalue weighted by molar-refractivity contribution is -0.107. The minimum atomic E-state index is 0.274. The summed E-state index contributed by atoms with van der Waals surface area (Å²) >= 11 is 13.8. The molecule has 0 aliphatic rings. The van der Waals surface area contributed by atoms with E-state index in [4.69, 9.17) is 27.9 Å². The summed E-state index contributed by atoms with van der Waals surface area (Å²) in [4.78, 5) is 10.4. The third-order valence-electron chi connectivity index (χ3n) is 1.70. The predicted octanol–water partition coefficient (Wildman–Crippen LogP) is 3.35. The largest absolute Gasteiger partial charge is 0.495 e. The van der Waals surface area contributed by atoms with E-state index in [0.717, 1.165) is 15.4 Å². The van der Waals surface area contributed by atoms with Gasteiger partial charge in [0.1, 0.15) is 12.0 Å². The van der Waals surface area contributed by atoms with Crippen molar-refractivity contribution in [1.82, 2.24) is 0 Å². The van der Waals surface area contributed by atoms with Gasteiger partial charge in [-0.2, -0.15) is 0 Å². The fourth-order valence-corrected chi connectivity index (χ4v) is 2.47. The second-order valence-electron chi connectivity index (χ2n) is 2.55. The molecule has 0 unspecified atom stereocenters. The van der Waals surface area contributed by atoms with E-state index in [2.05, 4.69) is 0 Å². The summed E-state index contributed by atoms with van der Waals surface area (Å²) < 4.78 is 5.89. The third-order valence-corrected chi connectivity index (χ3v) is 3.84. The SMILES string of the molecule is COc1c(CC=O)cc(Cl)c(Cl)c1I. The fraction of sp³-hybridized carbons (Fsp3) is 0.222. The molecular weight excluding hydrogens is 338 g/mol. The van der Waals surface area contributed by atoms with Crippen LogP contribution in [0.1, 0.15) is 5.56 Å². The molecule has 0 saturated heterocycles. The molecule has 0 fully saturated rings. The Morgan fingerprint density at radius 3 is 2.71 bits per heavy atom. The molecule has 0 radical (unpaired) electrons. The average molecular weight is 345 g/mol. The highest BCUT2D eigenvalue weighted by Gasteiger charge is 2.14. The fourth-order valence-electron chi connectivity index (χ4n) is 1.09. The summed E-state index contributed by atoms with van der Waals surface area (Å²) in [5.41, 5.74) is 0.751. The molecular formula is C9H7Cl2IO2. The summed E-state index contributed by atoms with van der Waals surface area (Å²) in [7, 11) is 1.54. The quantitative estimate of drug-likeness (QED) is 0.477. The van der Waals surface area contributed by atoms with Gasteiger partial charge < -0.3 is 9.53 Å². The topological polar surface area (TPSA) is 26.3 Å². The Kier molecular flexibility index (Phi) is 4.47. The van der Waals surface area contributed by atoms with Crippen molar-refractivity contribution < 1.29 is 9.53 Å². The molecule has 5 heteroatoms. The number of rotatable bonds is 3. The normalized spacial score (nSPS) is 10.0. The zero-order chi connectivity index (χ0) is 10.7. The van der Waals surface area contributed by atoms with Crippen LogP contribution in [-0.2, 0) is 11.2 Å². The molecule has 0 spiro atoms. The second-order valence-corrected chi connectivity index (χ2v) is 4.41. The molecule has 0 aliphatic heterocycles. The number of hydrogen-bond acceptors (Lipinski definition) is 2. The first-order valence-electron chi connectivity index (χ1n) is 3.75. The number of methoxy groups -OCH3 is 1. The first kappa shape index (κ1) is 12.1. The molecule has 2 nitrogen and oxygen atoms in total. The van der Waals surface area contributed by atoms with Gasteiger partial charge in [-0.05, 0) is 28.7 Å². The van der Waals surface area contributed by atoms with Crippen molar-refractivity contribution in [3.05, 3.63) is 25.2 Å². The van der Waals surface area contributed by atoms with E-state index in [0.29, 0.717) is 15.8 Å². The zero-order valence-corrected chi connectivity index (χ0v) is 11.0. The van der Waals surface area contributed by atoms with Gasteiger partial charge in [0.25, 0.3) is 0 Å². The van der Waals surface area contributed by atoms with Crippen LogP contribution in [-0.4, -0.2) is 13.4 Å². The van der Waals surface area contributed by atoms with Crippen LogP contribution in [0.4, 0.5) is 0 Å². The Labute approximate surface area is 106 Å². The van der Waals surface area contributed by atoms with Gasteiger partial charge in [0.15, 0.2) is 0 Å². The molecule has 1 rings (SSSR count). The van der Waals surface area contributed by atoms with Gasteiger partial charge in [-0.25, -0.2) is 0 Å². The molecule has 0 amide bonds. The Morgan fingerprint density at radius 1 is 1.57 bits per heavy atom. The minimum absolute atomic E-state index is 0.274. The Hall–Kier alpha value is -0.000000000000000111. The first-order chi connectivity index (χ1) is 6.61. The molecule has 1 aromatic carbocycles. The number of benzene rings is 1. The molecule has 76 valence electrons. The maximum Gasteiger partial charge on any atom is 0.137 e. The van der Waals surface area contributed by atoms with Crippen molar-refractivity contribution in [1.29, 1.82) is 0 Å². The van der Waals surface area contributed by atoms with Gasteiger partial charge in [0.05, 0.1) is 20.7 Å². The third kappa shape index (κ3) is 2.32. The Bertz CT molecular complexity index is 366. The maximum atomic E-state index is 10.4. The van der Waals surface area contributed by atoms with Crippen molar-refractivity contribution in [2.24, 2.45) is 0 Å². The number of halogens is 3. The van der Waals surface area contributed by atoms with E-state index < -0.39 is 0 Å². The van der Waals surface area contributed by atoms with Crippen LogP contribution in [0.3, 0.4) is 0 Å². The summed E-state index contributed by atoms with van der Waals surface area (Å²) in [6, 6.07) is 1.65. The van der Waals surface area contributed by atoms with E-state index >= 15 is 0 Å². The molecule has 0 aromatic heterocycles. The molecule has 0 bridgehead atoms. The van der Waals surface area contributed by atoms with E-state index in [1.54, 1.807) is 6.07 Å². The molecule has 0 heterocycles. The molecule has 1 aromatic rings. The van der Waals surface area contributed by atoms with E-state index in [1.807, 2.05) is 22.6 Å². The van der Waals surface area contributed by atoms with Gasteiger partial charge in [-0.3, -0.25) is 0 Å². The van der Waals surface area contributed by atoms with Gasteiger partial charge in [-0.15, -0.1) is 0 Å². The van der Waals surface area contributed by atoms with Crippen molar-refractivity contribution >= 4 is 52.1 Å². The minimum Gasteiger partial charge on any atom is -0.495 e. The highest BCUT2D eigenvalue weighted by Crippen LogP contribution is 2.37. The van der Waals surface area contributed by atoms with Gasteiger partial charge in [-0.1, -0.05) is 23.2 Å². The summed E-state index contributed by atoms with van der Waals surface area (Å²) in [5.74, 6) is 0.618. The monoisotopic (exact) mass is 344 g/mol. The lowest BCUT2D eigenvalue weighted by Gasteiger charge is -2.10. The van der Waals surface area contributed by atoms with Crippen LogP contribution in [0.15, 0.2) is 6.07 Å². The van der Waals surface area contributed by atoms with Crippen molar-refractivity contribution in [3.8, 4) is 5.75 Å². The van der Waals surface area contributed by atoms with E-state index in [1.165, 1.54) is 7.11 Å².